The number of nitrogens with zero attached hydrogens (tertiary/aromatic N) is 5. The maximum Gasteiger partial charge on any atom is 0.116 e. The molecule has 0 atom stereocenters. The first-order chi connectivity index (χ1) is 25.4. The normalized spacial score (nSPS) is 11.9. The summed E-state index contributed by atoms with van der Waals surface area (Å²) in [5, 5.41) is 7.28. The average Bonchev–Trinajstić information content (AvgIpc) is 3.84. The predicted octanol–water partition coefficient (Wildman–Crippen LogP) is 11.4. The minimum atomic E-state index is 0.859. The Kier molecular flexibility index (Phi) is 5.89. The van der Waals surface area contributed by atoms with Gasteiger partial charge in [-0.25, -0.2) is 9.97 Å². The first-order valence-corrected chi connectivity index (χ1v) is 17.3. The largest absolute Gasteiger partial charge is 0.307 e. The summed E-state index contributed by atoms with van der Waals surface area (Å²) in [4.78, 5) is 9.20. The summed E-state index contributed by atoms with van der Waals surface area (Å²) in [5.74, 6) is 0. The van der Waals surface area contributed by atoms with E-state index in [2.05, 4.69) is 176 Å². The summed E-state index contributed by atoms with van der Waals surface area (Å²) in [7, 11) is 0. The molecule has 0 saturated carbocycles. The van der Waals surface area contributed by atoms with Crippen molar-refractivity contribution in [1.82, 2.24) is 23.7 Å². The van der Waals surface area contributed by atoms with Crippen molar-refractivity contribution in [2.24, 2.45) is 0 Å². The van der Waals surface area contributed by atoms with Crippen molar-refractivity contribution in [3.8, 4) is 28.3 Å². The monoisotopic (exact) mass is 651 g/mol. The highest BCUT2D eigenvalue weighted by Crippen LogP contribution is 2.45. The van der Waals surface area contributed by atoms with Gasteiger partial charge in [0, 0.05) is 44.1 Å². The van der Waals surface area contributed by atoms with Crippen LogP contribution in [0.15, 0.2) is 176 Å². The Morgan fingerprint density at radius 2 is 0.706 bits per heavy atom. The second kappa shape index (κ2) is 10.8. The fraction of sp³-hybridized carbons (Fsp3) is 0. The maximum atomic E-state index is 4.88. The van der Waals surface area contributed by atoms with Gasteiger partial charge in [0.1, 0.15) is 6.33 Å². The van der Waals surface area contributed by atoms with Crippen LogP contribution in [0, 0.1) is 0 Å². The fourth-order valence-electron chi connectivity index (χ4n) is 8.36. The number of para-hydroxylation sites is 6. The van der Waals surface area contributed by atoms with Crippen LogP contribution in [-0.4, -0.2) is 23.7 Å². The predicted molar refractivity (Wildman–Crippen MR) is 210 cm³/mol. The summed E-state index contributed by atoms with van der Waals surface area (Å²) in [6, 6.07) is 59.1. The van der Waals surface area contributed by atoms with Crippen molar-refractivity contribution in [3.63, 3.8) is 0 Å². The Hall–Kier alpha value is -6.98. The molecule has 0 spiro atoms. The van der Waals surface area contributed by atoms with E-state index in [0.717, 1.165) is 61.4 Å². The molecule has 5 nitrogen and oxygen atoms in total. The van der Waals surface area contributed by atoms with Gasteiger partial charge >= 0.3 is 0 Å². The van der Waals surface area contributed by atoms with Crippen LogP contribution in [0.25, 0.3) is 93.7 Å². The first-order valence-electron chi connectivity index (χ1n) is 17.3. The van der Waals surface area contributed by atoms with E-state index >= 15 is 0 Å². The molecule has 0 fully saturated rings. The molecule has 11 aromatic rings. The zero-order chi connectivity index (χ0) is 33.5. The molecule has 0 saturated heterocycles. The highest BCUT2D eigenvalue weighted by atomic mass is 15.1. The molecule has 0 unspecified atom stereocenters. The Bertz CT molecular complexity index is 2980. The molecule has 0 bridgehead atoms. The van der Waals surface area contributed by atoms with E-state index in [9.17, 15) is 0 Å². The van der Waals surface area contributed by atoms with Gasteiger partial charge in [0.2, 0.25) is 0 Å². The molecule has 0 amide bonds. The van der Waals surface area contributed by atoms with E-state index < -0.39 is 0 Å². The quantitative estimate of drug-likeness (QED) is 0.190. The van der Waals surface area contributed by atoms with Gasteiger partial charge in [-0.1, -0.05) is 109 Å². The molecule has 4 aromatic heterocycles. The molecule has 0 aliphatic rings. The summed E-state index contributed by atoms with van der Waals surface area (Å²) in [6.45, 7) is 0. The van der Waals surface area contributed by atoms with Crippen LogP contribution in [0.3, 0.4) is 0 Å². The molecule has 238 valence electrons. The Balaban J connectivity index is 1.44. The van der Waals surface area contributed by atoms with Crippen LogP contribution in [0.2, 0.25) is 0 Å². The van der Waals surface area contributed by atoms with Gasteiger partial charge in [0.25, 0.3) is 0 Å². The van der Waals surface area contributed by atoms with Gasteiger partial charge in [-0.05, 0) is 54.6 Å². The van der Waals surface area contributed by atoms with Crippen molar-refractivity contribution >= 4 is 65.4 Å². The lowest BCUT2D eigenvalue weighted by Crippen LogP contribution is -2.11. The highest BCUT2D eigenvalue weighted by molar-refractivity contribution is 6.14. The second-order valence-electron chi connectivity index (χ2n) is 13.0. The maximum absolute atomic E-state index is 4.88. The lowest BCUT2D eigenvalue weighted by atomic mass is 10.0. The summed E-state index contributed by atoms with van der Waals surface area (Å²) < 4.78 is 7.39. The molecular weight excluding hydrogens is 623 g/mol. The smallest absolute Gasteiger partial charge is 0.116 e. The second-order valence-corrected chi connectivity index (χ2v) is 13.0. The molecule has 0 radical (unpaired) electrons. The SMILES string of the molecule is c1ccc2c(c1)c1ccccc1n2-c1ccc(-c2ccncn2)c(-n2c3ccccc3c3ccccc32)c1-n1c2ccccc2c2ccccc21. The molecule has 11 rings (SSSR count). The van der Waals surface area contributed by atoms with Gasteiger partial charge in [-0.2, -0.15) is 0 Å². The topological polar surface area (TPSA) is 40.6 Å². The Morgan fingerprint density at radius 1 is 0.333 bits per heavy atom. The van der Waals surface area contributed by atoms with Crippen LogP contribution >= 0.6 is 0 Å². The molecule has 0 N–H and O–H groups in total. The van der Waals surface area contributed by atoms with E-state index in [4.69, 9.17) is 4.98 Å². The molecule has 7 aromatic carbocycles. The molecule has 0 aliphatic heterocycles. The Morgan fingerprint density at radius 3 is 1.10 bits per heavy atom. The molecule has 4 heterocycles. The zero-order valence-corrected chi connectivity index (χ0v) is 27.5. The van der Waals surface area contributed by atoms with Crippen LogP contribution < -0.4 is 0 Å². The highest BCUT2D eigenvalue weighted by Gasteiger charge is 2.27. The number of rotatable bonds is 4. The average molecular weight is 652 g/mol. The summed E-state index contributed by atoms with van der Waals surface area (Å²) in [5.41, 5.74) is 11.9. The van der Waals surface area contributed by atoms with Crippen molar-refractivity contribution < 1.29 is 0 Å². The minimum absolute atomic E-state index is 0.859. The third-order valence-corrected chi connectivity index (χ3v) is 10.4. The Labute approximate surface area is 292 Å². The van der Waals surface area contributed by atoms with Crippen molar-refractivity contribution in [2.75, 3.05) is 0 Å². The van der Waals surface area contributed by atoms with Gasteiger partial charge in [0.15, 0.2) is 0 Å². The standard InChI is InChI=1S/C46H29N5/c1-7-19-38-30(13-1)31-14-2-8-20-39(31)49(38)44-26-25-36(37-27-28-47-29-48-37)45(50-40-21-9-3-15-32(40)33-16-4-10-22-41(33)50)46(44)51-42-23-11-5-17-34(42)35-18-6-12-24-43(35)51/h1-29H. The summed E-state index contributed by atoms with van der Waals surface area (Å²) in [6.07, 6.45) is 3.48. The van der Waals surface area contributed by atoms with E-state index in [1.807, 2.05) is 12.3 Å². The first kappa shape index (κ1) is 27.9. The third-order valence-electron chi connectivity index (χ3n) is 10.4. The number of aromatic nitrogens is 5. The van der Waals surface area contributed by atoms with Gasteiger partial charge < -0.3 is 13.7 Å². The van der Waals surface area contributed by atoms with E-state index in [-0.39, 0.29) is 0 Å². The van der Waals surface area contributed by atoms with Crippen molar-refractivity contribution in [1.29, 1.82) is 0 Å². The van der Waals surface area contributed by atoms with E-state index in [0.29, 0.717) is 0 Å². The molecule has 51 heavy (non-hydrogen) atoms. The molecule has 5 heteroatoms. The van der Waals surface area contributed by atoms with Crippen molar-refractivity contribution in [3.05, 3.63) is 176 Å². The van der Waals surface area contributed by atoms with Gasteiger partial charge in [0.05, 0.1) is 55.9 Å². The number of hydrogen-bond acceptors (Lipinski definition) is 2. The van der Waals surface area contributed by atoms with Crippen LogP contribution in [0.1, 0.15) is 0 Å². The van der Waals surface area contributed by atoms with Crippen LogP contribution in [0.4, 0.5) is 0 Å². The lowest BCUT2D eigenvalue weighted by Gasteiger charge is -2.24. The van der Waals surface area contributed by atoms with Gasteiger partial charge in [-0.3, -0.25) is 0 Å². The number of fused-ring (bicyclic) bond motifs is 9. The number of benzene rings is 7. The van der Waals surface area contributed by atoms with E-state index in [1.54, 1.807) is 6.33 Å². The molecular formula is C46H29N5. The third kappa shape index (κ3) is 3.91. The van der Waals surface area contributed by atoms with Gasteiger partial charge in [-0.15, -0.1) is 0 Å². The number of hydrogen-bond donors (Lipinski definition) is 0. The summed E-state index contributed by atoms with van der Waals surface area (Å²) >= 11 is 0. The van der Waals surface area contributed by atoms with Crippen LogP contribution in [-0.2, 0) is 0 Å². The zero-order valence-electron chi connectivity index (χ0n) is 27.5. The molecule has 0 aliphatic carbocycles. The van der Waals surface area contributed by atoms with E-state index in [1.165, 1.54) is 32.3 Å². The van der Waals surface area contributed by atoms with Crippen molar-refractivity contribution in [2.45, 2.75) is 0 Å². The minimum Gasteiger partial charge on any atom is -0.307 e. The fourth-order valence-corrected chi connectivity index (χ4v) is 8.36. The lowest BCUT2D eigenvalue weighted by molar-refractivity contribution is 1.05. The van der Waals surface area contributed by atoms with Crippen LogP contribution in [0.5, 0.6) is 0 Å².